The maximum atomic E-state index is 12.5. The van der Waals surface area contributed by atoms with Gasteiger partial charge in [0.25, 0.3) is 0 Å². The van der Waals surface area contributed by atoms with E-state index in [1.807, 2.05) is 18.2 Å². The molecule has 4 saturated carbocycles. The van der Waals surface area contributed by atoms with Gasteiger partial charge in [-0.1, -0.05) is 18.2 Å². The largest absolute Gasteiger partial charge is 0.362 e. The number of urea groups is 1. The number of carbonyl (C=O) groups is 2. The molecule has 3 amide bonds. The summed E-state index contributed by atoms with van der Waals surface area (Å²) in [6.45, 7) is 1.08. The van der Waals surface area contributed by atoms with Crippen LogP contribution in [-0.4, -0.2) is 30.6 Å². The molecule has 4 bridgehead atoms. The van der Waals surface area contributed by atoms with Crippen LogP contribution in [0.2, 0.25) is 0 Å². The van der Waals surface area contributed by atoms with Crippen LogP contribution in [0.15, 0.2) is 24.3 Å². The van der Waals surface area contributed by atoms with E-state index in [1.165, 1.54) is 24.8 Å². The van der Waals surface area contributed by atoms with Crippen molar-refractivity contribution in [3.63, 3.8) is 0 Å². The van der Waals surface area contributed by atoms with Gasteiger partial charge in [-0.05, 0) is 74.3 Å². The first kappa shape index (κ1) is 16.2. The fourth-order valence-electron chi connectivity index (χ4n) is 6.45. The minimum absolute atomic E-state index is 0.0562. The maximum absolute atomic E-state index is 12.5. The molecule has 4 fully saturated rings. The Kier molecular flexibility index (Phi) is 3.73. The first-order valence-electron chi connectivity index (χ1n) is 10.0. The molecule has 5 aliphatic rings. The van der Waals surface area contributed by atoms with Crippen LogP contribution in [0, 0.1) is 17.8 Å². The molecule has 0 atom stereocenters. The number of rotatable bonds is 3. The van der Waals surface area contributed by atoms with Crippen molar-refractivity contribution in [2.75, 3.05) is 18.0 Å². The Morgan fingerprint density at radius 1 is 1.04 bits per heavy atom. The SMILES string of the molecule is O=C(CN1CCc2ccccc21)NC(=O)NC12CC3CC(CC(C3)C1)C2. The number of fused-ring (bicyclic) bond motifs is 1. The molecular weight excluding hydrogens is 326 g/mol. The average Bonchev–Trinajstić information content (AvgIpc) is 2.96. The second-order valence-electron chi connectivity index (χ2n) is 9.00. The summed E-state index contributed by atoms with van der Waals surface area (Å²) in [5.41, 5.74) is 2.33. The molecule has 1 aromatic carbocycles. The average molecular weight is 353 g/mol. The first-order valence-corrected chi connectivity index (χ1v) is 10.0. The number of nitrogens with zero attached hydrogens (tertiary/aromatic N) is 1. The van der Waals surface area contributed by atoms with Crippen LogP contribution in [0.3, 0.4) is 0 Å². The Balaban J connectivity index is 1.18. The topological polar surface area (TPSA) is 61.4 Å². The number of hydrogen-bond acceptors (Lipinski definition) is 3. The van der Waals surface area contributed by atoms with Crippen LogP contribution in [-0.2, 0) is 11.2 Å². The molecule has 26 heavy (non-hydrogen) atoms. The van der Waals surface area contributed by atoms with Crippen molar-refractivity contribution in [1.82, 2.24) is 10.6 Å². The molecule has 2 N–H and O–H groups in total. The summed E-state index contributed by atoms with van der Waals surface area (Å²) in [6, 6.07) is 7.87. The number of benzene rings is 1. The van der Waals surface area contributed by atoms with Crippen molar-refractivity contribution in [3.05, 3.63) is 29.8 Å². The second kappa shape index (κ2) is 6.00. The molecule has 1 heterocycles. The number of carbonyl (C=O) groups excluding carboxylic acids is 2. The standard InChI is InChI=1S/C21H27N3O2/c25-19(13-24-6-5-17-3-1-2-4-18(17)24)22-20(26)23-21-10-14-7-15(11-21)9-16(8-14)12-21/h1-4,14-16H,5-13H2,(H2,22,23,25,26). The lowest BCUT2D eigenvalue weighted by Gasteiger charge is -2.56. The molecule has 0 saturated heterocycles. The van der Waals surface area contributed by atoms with Crippen molar-refractivity contribution in [2.24, 2.45) is 17.8 Å². The molecule has 0 radical (unpaired) electrons. The predicted molar refractivity (Wildman–Crippen MR) is 99.9 cm³/mol. The smallest absolute Gasteiger partial charge is 0.321 e. The van der Waals surface area contributed by atoms with E-state index in [4.69, 9.17) is 0 Å². The molecule has 1 aliphatic heterocycles. The van der Waals surface area contributed by atoms with Gasteiger partial charge in [-0.3, -0.25) is 10.1 Å². The third-order valence-electron chi connectivity index (χ3n) is 6.99. The third kappa shape index (κ3) is 2.87. The molecule has 5 heteroatoms. The Morgan fingerprint density at radius 2 is 1.69 bits per heavy atom. The maximum Gasteiger partial charge on any atom is 0.321 e. The minimum Gasteiger partial charge on any atom is -0.362 e. The summed E-state index contributed by atoms with van der Waals surface area (Å²) < 4.78 is 0. The monoisotopic (exact) mass is 353 g/mol. The van der Waals surface area contributed by atoms with Crippen LogP contribution < -0.4 is 15.5 Å². The zero-order valence-corrected chi connectivity index (χ0v) is 15.2. The highest BCUT2D eigenvalue weighted by Gasteiger charge is 2.51. The molecule has 5 nitrogen and oxygen atoms in total. The van der Waals surface area contributed by atoms with Crippen molar-refractivity contribution >= 4 is 17.6 Å². The van der Waals surface area contributed by atoms with E-state index < -0.39 is 0 Å². The fourth-order valence-corrected chi connectivity index (χ4v) is 6.45. The number of amides is 3. The molecule has 138 valence electrons. The molecule has 0 spiro atoms. The van der Waals surface area contributed by atoms with Gasteiger partial charge in [0.05, 0.1) is 6.54 Å². The molecular formula is C21H27N3O2. The van der Waals surface area contributed by atoms with Crippen LogP contribution in [0.25, 0.3) is 0 Å². The Hall–Kier alpha value is -2.04. The molecule has 6 rings (SSSR count). The van der Waals surface area contributed by atoms with Crippen molar-refractivity contribution in [3.8, 4) is 0 Å². The second-order valence-corrected chi connectivity index (χ2v) is 9.00. The summed E-state index contributed by atoms with van der Waals surface area (Å²) in [4.78, 5) is 26.9. The summed E-state index contributed by atoms with van der Waals surface area (Å²) in [6.07, 6.45) is 8.28. The van der Waals surface area contributed by atoms with E-state index in [-0.39, 0.29) is 24.0 Å². The van der Waals surface area contributed by atoms with E-state index >= 15 is 0 Å². The molecule has 1 aromatic rings. The van der Waals surface area contributed by atoms with Gasteiger partial charge in [-0.2, -0.15) is 0 Å². The van der Waals surface area contributed by atoms with Crippen LogP contribution in [0.1, 0.15) is 44.1 Å². The normalized spacial score (nSPS) is 33.8. The molecule has 0 unspecified atom stereocenters. The number of hydrogen-bond donors (Lipinski definition) is 2. The minimum atomic E-state index is -0.301. The fraction of sp³-hybridized carbons (Fsp3) is 0.619. The summed E-state index contributed by atoms with van der Waals surface area (Å²) in [5.74, 6) is 2.11. The summed E-state index contributed by atoms with van der Waals surface area (Å²) >= 11 is 0. The first-order chi connectivity index (χ1) is 12.6. The van der Waals surface area contributed by atoms with Crippen LogP contribution in [0.5, 0.6) is 0 Å². The quantitative estimate of drug-likeness (QED) is 0.878. The van der Waals surface area contributed by atoms with Gasteiger partial charge in [0.1, 0.15) is 0 Å². The Bertz CT molecular complexity index is 709. The van der Waals surface area contributed by atoms with Crippen molar-refractivity contribution in [1.29, 1.82) is 0 Å². The Labute approximate surface area is 154 Å². The van der Waals surface area contributed by atoms with Gasteiger partial charge in [0.2, 0.25) is 5.91 Å². The van der Waals surface area contributed by atoms with Gasteiger partial charge in [0.15, 0.2) is 0 Å². The zero-order valence-electron chi connectivity index (χ0n) is 15.2. The van der Waals surface area contributed by atoms with Crippen molar-refractivity contribution < 1.29 is 9.59 Å². The lowest BCUT2D eigenvalue weighted by atomic mass is 9.53. The van der Waals surface area contributed by atoms with Gasteiger partial charge in [-0.15, -0.1) is 0 Å². The van der Waals surface area contributed by atoms with Crippen molar-refractivity contribution in [2.45, 2.75) is 50.5 Å². The summed E-state index contributed by atoms with van der Waals surface area (Å²) in [5, 5.41) is 5.79. The zero-order chi connectivity index (χ0) is 17.7. The molecule has 4 aliphatic carbocycles. The number of nitrogens with one attached hydrogen (secondary N) is 2. The summed E-state index contributed by atoms with van der Waals surface area (Å²) in [7, 11) is 0. The van der Waals surface area contributed by atoms with E-state index in [1.54, 1.807) is 0 Å². The number of para-hydroxylation sites is 1. The van der Waals surface area contributed by atoms with Crippen LogP contribution >= 0.6 is 0 Å². The van der Waals surface area contributed by atoms with E-state index in [9.17, 15) is 9.59 Å². The highest BCUT2D eigenvalue weighted by atomic mass is 16.2. The van der Waals surface area contributed by atoms with Gasteiger partial charge in [-0.25, -0.2) is 4.79 Å². The third-order valence-corrected chi connectivity index (χ3v) is 6.99. The lowest BCUT2D eigenvalue weighted by molar-refractivity contribution is -0.118. The number of imide groups is 1. The lowest BCUT2D eigenvalue weighted by Crippen LogP contribution is -2.62. The molecule has 0 aromatic heterocycles. The van der Waals surface area contributed by atoms with Gasteiger partial charge in [0, 0.05) is 17.8 Å². The highest BCUT2D eigenvalue weighted by molar-refractivity contribution is 5.97. The number of anilines is 1. The predicted octanol–water partition coefficient (Wildman–Crippen LogP) is 2.84. The van der Waals surface area contributed by atoms with Gasteiger partial charge >= 0.3 is 6.03 Å². The van der Waals surface area contributed by atoms with Crippen LogP contribution in [0.4, 0.5) is 10.5 Å². The van der Waals surface area contributed by atoms with E-state index in [0.29, 0.717) is 0 Å². The van der Waals surface area contributed by atoms with E-state index in [0.717, 1.165) is 55.7 Å². The highest BCUT2D eigenvalue weighted by Crippen LogP contribution is 2.55. The van der Waals surface area contributed by atoms with Gasteiger partial charge < -0.3 is 10.2 Å². The Morgan fingerprint density at radius 3 is 2.38 bits per heavy atom. The van der Waals surface area contributed by atoms with E-state index in [2.05, 4.69) is 21.6 Å².